The largest absolute Gasteiger partial charge is 0.496 e. The van der Waals surface area contributed by atoms with Crippen molar-refractivity contribution in [2.75, 3.05) is 12.4 Å². The van der Waals surface area contributed by atoms with Gasteiger partial charge >= 0.3 is 0 Å². The second-order valence-corrected chi connectivity index (χ2v) is 7.32. The third-order valence-corrected chi connectivity index (χ3v) is 4.85. The van der Waals surface area contributed by atoms with Gasteiger partial charge in [0.15, 0.2) is 0 Å². The van der Waals surface area contributed by atoms with Gasteiger partial charge in [0, 0.05) is 29.2 Å². The van der Waals surface area contributed by atoms with Crippen LogP contribution < -0.4 is 14.8 Å². The third kappa shape index (κ3) is 4.70. The Hall–Kier alpha value is -3.91. The molecule has 0 fully saturated rings. The maximum Gasteiger partial charge on any atom is 0.259 e. The first kappa shape index (κ1) is 21.3. The minimum absolute atomic E-state index is 0.329. The van der Waals surface area contributed by atoms with E-state index in [9.17, 15) is 4.79 Å². The van der Waals surface area contributed by atoms with E-state index >= 15 is 0 Å². The van der Waals surface area contributed by atoms with E-state index in [0.717, 1.165) is 5.82 Å². The van der Waals surface area contributed by atoms with Crippen molar-refractivity contribution < 1.29 is 14.3 Å². The van der Waals surface area contributed by atoms with Crippen LogP contribution in [0.25, 0.3) is 5.82 Å². The van der Waals surface area contributed by atoms with E-state index in [1.807, 2.05) is 17.7 Å². The summed E-state index contributed by atoms with van der Waals surface area (Å²) >= 11 is 6.01. The monoisotopic (exact) mass is 449 g/mol. The van der Waals surface area contributed by atoms with Crippen molar-refractivity contribution in [3.8, 4) is 23.2 Å². The van der Waals surface area contributed by atoms with Crippen molar-refractivity contribution in [2.24, 2.45) is 0 Å². The lowest BCUT2D eigenvalue weighted by Gasteiger charge is -2.11. The van der Waals surface area contributed by atoms with Crippen molar-refractivity contribution >= 4 is 23.2 Å². The highest BCUT2D eigenvalue weighted by Gasteiger charge is 2.14. The number of amides is 1. The van der Waals surface area contributed by atoms with Crippen LogP contribution in [0.1, 0.15) is 22.0 Å². The highest BCUT2D eigenvalue weighted by atomic mass is 35.5. The number of aryl methyl sites for hydroxylation is 2. The summed E-state index contributed by atoms with van der Waals surface area (Å²) in [5.74, 6) is 3.13. The van der Waals surface area contributed by atoms with Gasteiger partial charge in [0.05, 0.1) is 12.7 Å². The zero-order chi connectivity index (χ0) is 22.7. The fourth-order valence-electron chi connectivity index (χ4n) is 3.10. The Labute approximate surface area is 189 Å². The number of aromatic nitrogens is 4. The van der Waals surface area contributed by atoms with Crippen molar-refractivity contribution in [3.63, 3.8) is 0 Å². The number of benzene rings is 2. The van der Waals surface area contributed by atoms with Crippen LogP contribution in [-0.4, -0.2) is 32.5 Å². The second-order valence-electron chi connectivity index (χ2n) is 6.88. The average molecular weight is 450 g/mol. The fraction of sp³-hybridized carbons (Fsp3) is 0.130. The lowest BCUT2D eigenvalue weighted by molar-refractivity contribution is 0.102. The summed E-state index contributed by atoms with van der Waals surface area (Å²) < 4.78 is 13.0. The molecular weight excluding hydrogens is 430 g/mol. The van der Waals surface area contributed by atoms with E-state index < -0.39 is 0 Å². The molecular formula is C23H20ClN5O3. The average Bonchev–Trinajstić information content (AvgIpc) is 3.20. The number of ether oxygens (including phenoxy) is 2. The van der Waals surface area contributed by atoms with Crippen molar-refractivity contribution in [1.29, 1.82) is 0 Å². The number of anilines is 1. The number of halogens is 1. The predicted octanol–water partition coefficient (Wildman–Crippen LogP) is 4.99. The molecule has 0 saturated carbocycles. The van der Waals surface area contributed by atoms with Crippen molar-refractivity contribution in [1.82, 2.24) is 19.5 Å². The van der Waals surface area contributed by atoms with Gasteiger partial charge in [-0.1, -0.05) is 11.6 Å². The van der Waals surface area contributed by atoms with Gasteiger partial charge in [0.2, 0.25) is 5.88 Å². The van der Waals surface area contributed by atoms with E-state index in [1.165, 1.54) is 7.11 Å². The molecule has 0 radical (unpaired) electrons. The highest BCUT2D eigenvalue weighted by molar-refractivity contribution is 6.31. The van der Waals surface area contributed by atoms with E-state index in [2.05, 4.69) is 20.3 Å². The molecule has 162 valence electrons. The Morgan fingerprint density at radius 1 is 1.06 bits per heavy atom. The summed E-state index contributed by atoms with van der Waals surface area (Å²) in [5.41, 5.74) is 0.942. The Kier molecular flexibility index (Phi) is 6.04. The summed E-state index contributed by atoms with van der Waals surface area (Å²) in [6.45, 7) is 3.69. The number of nitrogens with zero attached hydrogens (tertiary/aromatic N) is 4. The van der Waals surface area contributed by atoms with Gasteiger partial charge in [-0.15, -0.1) is 0 Å². The molecule has 0 spiro atoms. The fourth-order valence-corrected chi connectivity index (χ4v) is 3.28. The molecule has 8 nitrogen and oxygen atoms in total. The van der Waals surface area contributed by atoms with Gasteiger partial charge < -0.3 is 14.8 Å². The number of methoxy groups -OCH3 is 1. The van der Waals surface area contributed by atoms with Crippen molar-refractivity contribution in [3.05, 3.63) is 83.2 Å². The van der Waals surface area contributed by atoms with Crippen LogP contribution in [0.15, 0.2) is 60.9 Å². The first-order valence-electron chi connectivity index (χ1n) is 9.72. The predicted molar refractivity (Wildman–Crippen MR) is 121 cm³/mol. The molecule has 0 aliphatic carbocycles. The minimum Gasteiger partial charge on any atom is -0.496 e. The molecule has 4 aromatic rings. The number of carbonyl (C=O) groups is 1. The maximum absolute atomic E-state index is 12.6. The maximum atomic E-state index is 12.6. The molecule has 0 aliphatic rings. The van der Waals surface area contributed by atoms with Gasteiger partial charge in [0.1, 0.15) is 29.0 Å². The summed E-state index contributed by atoms with van der Waals surface area (Å²) in [5, 5.41) is 3.27. The Morgan fingerprint density at radius 3 is 2.53 bits per heavy atom. The number of rotatable bonds is 6. The molecule has 9 heteroatoms. The number of hydrogen-bond acceptors (Lipinski definition) is 6. The Bertz CT molecular complexity index is 1270. The number of imidazole rings is 1. The molecule has 0 bridgehead atoms. The molecule has 0 aliphatic heterocycles. The first-order valence-corrected chi connectivity index (χ1v) is 10.1. The van der Waals surface area contributed by atoms with Crippen LogP contribution in [0.4, 0.5) is 5.69 Å². The summed E-state index contributed by atoms with van der Waals surface area (Å²) in [6, 6.07) is 13.6. The molecule has 1 amide bonds. The quantitative estimate of drug-likeness (QED) is 0.446. The van der Waals surface area contributed by atoms with Crippen LogP contribution in [0.3, 0.4) is 0 Å². The number of hydrogen-bond donors (Lipinski definition) is 1. The van der Waals surface area contributed by atoms with Gasteiger partial charge in [-0.2, -0.15) is 4.98 Å². The van der Waals surface area contributed by atoms with E-state index in [4.69, 9.17) is 21.1 Å². The van der Waals surface area contributed by atoms with Gasteiger partial charge in [0.25, 0.3) is 5.91 Å². The molecule has 32 heavy (non-hydrogen) atoms. The topological polar surface area (TPSA) is 91.2 Å². The summed E-state index contributed by atoms with van der Waals surface area (Å²) in [4.78, 5) is 25.6. The zero-order valence-corrected chi connectivity index (χ0v) is 18.4. The molecule has 2 heterocycles. The Balaban J connectivity index is 1.49. The smallest absolute Gasteiger partial charge is 0.259 e. The van der Waals surface area contributed by atoms with Crippen LogP contribution in [0.5, 0.6) is 17.4 Å². The summed E-state index contributed by atoms with van der Waals surface area (Å²) in [6.07, 6.45) is 3.53. The molecule has 0 atom stereocenters. The molecule has 2 aromatic heterocycles. The number of nitrogens with one attached hydrogen (secondary N) is 1. The lowest BCUT2D eigenvalue weighted by Crippen LogP contribution is -2.13. The standard InChI is InChI=1S/C23H20ClN5O3/c1-14-26-21(29-11-10-25-15(29)2)13-22(27-14)32-18-7-5-17(6-8-18)28-23(30)19-12-16(24)4-9-20(19)31-3/h4-13H,1-3H3,(H,28,30). The molecule has 1 N–H and O–H groups in total. The van der Waals surface area contributed by atoms with E-state index in [0.29, 0.717) is 45.3 Å². The zero-order valence-electron chi connectivity index (χ0n) is 17.7. The van der Waals surface area contributed by atoms with Crippen LogP contribution in [0, 0.1) is 13.8 Å². The van der Waals surface area contributed by atoms with Gasteiger partial charge in [-0.25, -0.2) is 9.97 Å². The third-order valence-electron chi connectivity index (χ3n) is 4.61. The summed E-state index contributed by atoms with van der Waals surface area (Å²) in [7, 11) is 1.50. The van der Waals surface area contributed by atoms with Crippen molar-refractivity contribution in [2.45, 2.75) is 13.8 Å². The van der Waals surface area contributed by atoms with Crippen LogP contribution in [0.2, 0.25) is 5.02 Å². The second kappa shape index (κ2) is 9.07. The normalized spacial score (nSPS) is 10.6. The molecule has 0 unspecified atom stereocenters. The number of carbonyl (C=O) groups excluding carboxylic acids is 1. The Morgan fingerprint density at radius 2 is 1.84 bits per heavy atom. The minimum atomic E-state index is -0.329. The highest BCUT2D eigenvalue weighted by Crippen LogP contribution is 2.26. The van der Waals surface area contributed by atoms with Crippen LogP contribution in [-0.2, 0) is 0 Å². The van der Waals surface area contributed by atoms with Crippen LogP contribution >= 0.6 is 11.6 Å². The first-order chi connectivity index (χ1) is 15.4. The SMILES string of the molecule is COc1ccc(Cl)cc1C(=O)Nc1ccc(Oc2cc(-n3ccnc3C)nc(C)n2)cc1. The van der Waals surface area contributed by atoms with Gasteiger partial charge in [-0.3, -0.25) is 9.36 Å². The lowest BCUT2D eigenvalue weighted by atomic mass is 10.2. The molecule has 2 aromatic carbocycles. The molecule has 4 rings (SSSR count). The van der Waals surface area contributed by atoms with Gasteiger partial charge in [-0.05, 0) is 56.3 Å². The van der Waals surface area contributed by atoms with E-state index in [-0.39, 0.29) is 5.91 Å². The molecule has 0 saturated heterocycles. The van der Waals surface area contributed by atoms with E-state index in [1.54, 1.807) is 61.7 Å².